The van der Waals surface area contributed by atoms with Crippen LogP contribution in [0.2, 0.25) is 0 Å². The Bertz CT molecular complexity index is 1050. The smallest absolute Gasteiger partial charge is 0.251 e. The molecular formula is C23H26FN5O. The molecule has 3 aromatic rings. The summed E-state index contributed by atoms with van der Waals surface area (Å²) in [7, 11) is 0. The minimum absolute atomic E-state index is 0.144. The summed E-state index contributed by atoms with van der Waals surface area (Å²) in [6, 6.07) is 12.4. The summed E-state index contributed by atoms with van der Waals surface area (Å²) in [5.74, 6) is 1.31. The molecule has 0 aliphatic carbocycles. The van der Waals surface area contributed by atoms with Gasteiger partial charge in [-0.25, -0.2) is 14.4 Å². The zero-order valence-corrected chi connectivity index (χ0v) is 17.1. The van der Waals surface area contributed by atoms with Crippen LogP contribution >= 0.6 is 0 Å². The molecule has 156 valence electrons. The van der Waals surface area contributed by atoms with Gasteiger partial charge < -0.3 is 9.88 Å². The maximum Gasteiger partial charge on any atom is 0.251 e. The SMILES string of the molecule is CCc1cc(=O)[nH]c(-c2ccc(N3CCCN(Cc4ccccc4F)CC3)nc2)n1. The van der Waals surface area contributed by atoms with Crippen LogP contribution in [0.3, 0.4) is 0 Å². The van der Waals surface area contributed by atoms with E-state index in [0.29, 0.717) is 18.8 Å². The number of aromatic nitrogens is 3. The molecule has 1 aliphatic heterocycles. The van der Waals surface area contributed by atoms with Crippen LogP contribution in [0.25, 0.3) is 11.4 Å². The van der Waals surface area contributed by atoms with Gasteiger partial charge in [-0.1, -0.05) is 25.1 Å². The van der Waals surface area contributed by atoms with Gasteiger partial charge in [0.1, 0.15) is 17.5 Å². The van der Waals surface area contributed by atoms with E-state index < -0.39 is 0 Å². The molecule has 30 heavy (non-hydrogen) atoms. The summed E-state index contributed by atoms with van der Waals surface area (Å²) < 4.78 is 14.0. The number of hydrogen-bond donors (Lipinski definition) is 1. The third kappa shape index (κ3) is 4.74. The highest BCUT2D eigenvalue weighted by Gasteiger charge is 2.17. The lowest BCUT2D eigenvalue weighted by molar-refractivity contribution is 0.281. The van der Waals surface area contributed by atoms with Crippen molar-refractivity contribution in [2.75, 3.05) is 31.1 Å². The predicted octanol–water partition coefficient (Wildman–Crippen LogP) is 3.25. The quantitative estimate of drug-likeness (QED) is 0.703. The molecule has 1 aromatic carbocycles. The highest BCUT2D eigenvalue weighted by molar-refractivity contribution is 5.56. The molecule has 0 radical (unpaired) electrons. The van der Waals surface area contributed by atoms with E-state index in [-0.39, 0.29) is 11.4 Å². The number of hydrogen-bond acceptors (Lipinski definition) is 5. The van der Waals surface area contributed by atoms with E-state index >= 15 is 0 Å². The van der Waals surface area contributed by atoms with Crippen LogP contribution in [-0.4, -0.2) is 46.0 Å². The molecule has 1 saturated heterocycles. The number of aromatic amines is 1. The second-order valence-electron chi connectivity index (χ2n) is 7.55. The molecule has 1 fully saturated rings. The van der Waals surface area contributed by atoms with Crippen LogP contribution in [0.5, 0.6) is 0 Å². The van der Waals surface area contributed by atoms with Gasteiger partial charge in [-0.05, 0) is 31.0 Å². The van der Waals surface area contributed by atoms with Crippen molar-refractivity contribution in [2.24, 2.45) is 0 Å². The molecular weight excluding hydrogens is 381 g/mol. The second kappa shape index (κ2) is 9.17. The Morgan fingerprint density at radius 2 is 1.97 bits per heavy atom. The van der Waals surface area contributed by atoms with E-state index in [1.165, 1.54) is 12.1 Å². The van der Waals surface area contributed by atoms with Gasteiger partial charge >= 0.3 is 0 Å². The summed E-state index contributed by atoms with van der Waals surface area (Å²) in [5.41, 5.74) is 2.15. The minimum atomic E-state index is -0.150. The zero-order chi connectivity index (χ0) is 20.9. The van der Waals surface area contributed by atoms with Crippen LogP contribution in [0.4, 0.5) is 10.2 Å². The largest absolute Gasteiger partial charge is 0.355 e. The molecule has 0 spiro atoms. The first-order valence-electron chi connectivity index (χ1n) is 10.4. The highest BCUT2D eigenvalue weighted by atomic mass is 19.1. The van der Waals surface area contributed by atoms with Gasteiger partial charge in [-0.2, -0.15) is 0 Å². The Kier molecular flexibility index (Phi) is 6.18. The molecule has 3 heterocycles. The van der Waals surface area contributed by atoms with Gasteiger partial charge in [0.25, 0.3) is 5.56 Å². The third-order valence-electron chi connectivity index (χ3n) is 5.44. The van der Waals surface area contributed by atoms with Gasteiger partial charge in [-0.3, -0.25) is 9.69 Å². The summed E-state index contributed by atoms with van der Waals surface area (Å²) in [5, 5.41) is 0. The lowest BCUT2D eigenvalue weighted by Gasteiger charge is -2.23. The van der Waals surface area contributed by atoms with Gasteiger partial charge in [0.15, 0.2) is 0 Å². The van der Waals surface area contributed by atoms with Crippen molar-refractivity contribution in [3.05, 3.63) is 76.1 Å². The molecule has 1 aliphatic rings. The molecule has 7 heteroatoms. The summed E-state index contributed by atoms with van der Waals surface area (Å²) >= 11 is 0. The van der Waals surface area contributed by atoms with Gasteiger partial charge in [0.05, 0.1) is 0 Å². The van der Waals surface area contributed by atoms with Crippen LogP contribution < -0.4 is 10.5 Å². The summed E-state index contributed by atoms with van der Waals surface area (Å²) in [4.78, 5) is 28.3. The number of nitrogens with zero attached hydrogens (tertiary/aromatic N) is 4. The highest BCUT2D eigenvalue weighted by Crippen LogP contribution is 2.20. The third-order valence-corrected chi connectivity index (χ3v) is 5.44. The van der Waals surface area contributed by atoms with Crippen molar-refractivity contribution in [1.82, 2.24) is 19.9 Å². The number of aryl methyl sites for hydroxylation is 1. The molecule has 0 unspecified atom stereocenters. The van der Waals surface area contributed by atoms with Crippen LogP contribution in [0.15, 0.2) is 53.5 Å². The topological polar surface area (TPSA) is 65.1 Å². The molecule has 0 atom stereocenters. The fourth-order valence-corrected chi connectivity index (χ4v) is 3.76. The molecule has 0 amide bonds. The first kappa shape index (κ1) is 20.2. The van der Waals surface area contributed by atoms with Gasteiger partial charge in [0, 0.05) is 61.8 Å². The van der Waals surface area contributed by atoms with Crippen LogP contribution in [-0.2, 0) is 13.0 Å². The first-order valence-corrected chi connectivity index (χ1v) is 10.4. The first-order chi connectivity index (χ1) is 14.6. The van der Waals surface area contributed by atoms with Crippen molar-refractivity contribution in [1.29, 1.82) is 0 Å². The average Bonchev–Trinajstić information content (AvgIpc) is 3.00. The van der Waals surface area contributed by atoms with Crippen molar-refractivity contribution < 1.29 is 4.39 Å². The number of H-pyrrole nitrogens is 1. The molecule has 2 aromatic heterocycles. The molecule has 0 saturated carbocycles. The van der Waals surface area contributed by atoms with Crippen molar-refractivity contribution in [3.8, 4) is 11.4 Å². The fourth-order valence-electron chi connectivity index (χ4n) is 3.76. The summed E-state index contributed by atoms with van der Waals surface area (Å²) in [6.45, 7) is 6.12. The number of pyridine rings is 1. The maximum atomic E-state index is 14.0. The Morgan fingerprint density at radius 1 is 1.10 bits per heavy atom. The van der Waals surface area contributed by atoms with Crippen molar-refractivity contribution in [3.63, 3.8) is 0 Å². The van der Waals surface area contributed by atoms with E-state index in [1.807, 2.05) is 31.2 Å². The van der Waals surface area contributed by atoms with E-state index in [9.17, 15) is 9.18 Å². The Balaban J connectivity index is 1.43. The van der Waals surface area contributed by atoms with Crippen molar-refractivity contribution in [2.45, 2.75) is 26.3 Å². The van der Waals surface area contributed by atoms with Crippen LogP contribution in [0.1, 0.15) is 24.6 Å². The molecule has 6 nitrogen and oxygen atoms in total. The fraction of sp³-hybridized carbons (Fsp3) is 0.348. The lowest BCUT2D eigenvalue weighted by Crippen LogP contribution is -2.31. The molecule has 4 rings (SSSR count). The predicted molar refractivity (Wildman–Crippen MR) is 116 cm³/mol. The number of nitrogens with one attached hydrogen (secondary N) is 1. The maximum absolute atomic E-state index is 14.0. The normalized spacial score (nSPS) is 15.2. The Morgan fingerprint density at radius 3 is 2.73 bits per heavy atom. The summed E-state index contributed by atoms with van der Waals surface area (Å²) in [6.07, 6.45) is 3.46. The standard InChI is InChI=1S/C23H26FN5O/c1-2-19-14-22(30)27-23(26-19)17-8-9-21(25-15-17)29-11-5-10-28(12-13-29)16-18-6-3-4-7-20(18)24/h3-4,6-9,14-15H,2,5,10-13,16H2,1H3,(H,26,27,30). The average molecular weight is 407 g/mol. The number of rotatable bonds is 5. The second-order valence-corrected chi connectivity index (χ2v) is 7.55. The Hall–Kier alpha value is -3.06. The monoisotopic (exact) mass is 407 g/mol. The van der Waals surface area contributed by atoms with Crippen LogP contribution in [0, 0.1) is 5.82 Å². The minimum Gasteiger partial charge on any atom is -0.355 e. The van der Waals surface area contributed by atoms with Gasteiger partial charge in [-0.15, -0.1) is 0 Å². The van der Waals surface area contributed by atoms with Crippen molar-refractivity contribution >= 4 is 5.82 Å². The zero-order valence-electron chi connectivity index (χ0n) is 17.1. The van der Waals surface area contributed by atoms with E-state index in [0.717, 1.165) is 55.2 Å². The molecule has 1 N–H and O–H groups in total. The van der Waals surface area contributed by atoms with E-state index in [4.69, 9.17) is 0 Å². The Labute approximate surface area is 175 Å². The van der Waals surface area contributed by atoms with E-state index in [1.54, 1.807) is 12.3 Å². The van der Waals surface area contributed by atoms with E-state index in [2.05, 4.69) is 24.8 Å². The van der Waals surface area contributed by atoms with Gasteiger partial charge in [0.2, 0.25) is 0 Å². The lowest BCUT2D eigenvalue weighted by atomic mass is 10.2. The molecule has 0 bridgehead atoms. The number of halogens is 1. The number of anilines is 1. The number of benzene rings is 1.